The summed E-state index contributed by atoms with van der Waals surface area (Å²) in [6, 6.07) is 13.9. The Morgan fingerprint density at radius 3 is 1.82 bits per heavy atom. The van der Waals surface area contributed by atoms with Crippen molar-refractivity contribution in [2.75, 3.05) is 13.5 Å². The highest BCUT2D eigenvalue weighted by Crippen LogP contribution is 2.39. The van der Waals surface area contributed by atoms with Crippen LogP contribution in [0.4, 0.5) is 0 Å². The van der Waals surface area contributed by atoms with Crippen molar-refractivity contribution in [3.05, 3.63) is 119 Å². The second kappa shape index (κ2) is 28.6. The summed E-state index contributed by atoms with van der Waals surface area (Å²) < 4.78 is 23.4. The molecule has 0 saturated heterocycles. The third-order valence-electron chi connectivity index (χ3n) is 13.6. The van der Waals surface area contributed by atoms with Gasteiger partial charge in [0.2, 0.25) is 0 Å². The Balaban J connectivity index is 0.830. The van der Waals surface area contributed by atoms with Crippen LogP contribution in [-0.2, 0) is 39.0 Å². The van der Waals surface area contributed by atoms with Crippen molar-refractivity contribution in [1.29, 1.82) is 0 Å². The third-order valence-corrected chi connectivity index (χ3v) is 13.6. The van der Waals surface area contributed by atoms with E-state index >= 15 is 0 Å². The smallest absolute Gasteiger partial charge is 0.142 e. The van der Waals surface area contributed by atoms with Crippen LogP contribution in [0.25, 0.3) is 0 Å². The minimum absolute atomic E-state index is 0.341. The van der Waals surface area contributed by atoms with Crippen molar-refractivity contribution in [2.24, 2.45) is 5.92 Å². The van der Waals surface area contributed by atoms with Gasteiger partial charge in [-0.1, -0.05) is 108 Å². The van der Waals surface area contributed by atoms with Gasteiger partial charge in [0.15, 0.2) is 0 Å². The number of hydrogen-bond acceptors (Lipinski definition) is 8. The molecule has 0 bridgehead atoms. The lowest BCUT2D eigenvalue weighted by atomic mass is 9.88. The maximum Gasteiger partial charge on any atom is 0.142 e. The van der Waals surface area contributed by atoms with Gasteiger partial charge in [-0.3, -0.25) is 9.80 Å². The fourth-order valence-electron chi connectivity index (χ4n) is 9.73. The molecule has 0 amide bonds. The van der Waals surface area contributed by atoms with E-state index < -0.39 is 0 Å². The zero-order valence-corrected chi connectivity index (χ0v) is 40.2. The highest BCUT2D eigenvalue weighted by Gasteiger charge is 2.25. The molecule has 0 radical (unpaired) electrons. The van der Waals surface area contributed by atoms with Crippen LogP contribution < -0.4 is 9.47 Å². The summed E-state index contributed by atoms with van der Waals surface area (Å²) in [6.45, 7) is 8.12. The summed E-state index contributed by atoms with van der Waals surface area (Å²) in [4.78, 5) is 4.41. The summed E-state index contributed by atoms with van der Waals surface area (Å²) in [7, 11) is 0. The Hall–Kier alpha value is -4.40. The van der Waals surface area contributed by atoms with Crippen molar-refractivity contribution < 1.29 is 28.5 Å². The summed E-state index contributed by atoms with van der Waals surface area (Å²) in [6.07, 6.45) is 42.9. The van der Waals surface area contributed by atoms with Gasteiger partial charge in [0.05, 0.1) is 31.2 Å². The number of phenolic OH excluding ortho intramolecular Hbond substituents is 2. The average molecular weight is 891 g/mol. The lowest BCUT2D eigenvalue weighted by Crippen LogP contribution is -2.32. The summed E-state index contributed by atoms with van der Waals surface area (Å²) >= 11 is 0. The van der Waals surface area contributed by atoms with E-state index in [0.717, 1.165) is 84.4 Å². The van der Waals surface area contributed by atoms with Gasteiger partial charge in [0.1, 0.15) is 48.0 Å². The predicted molar refractivity (Wildman–Crippen MR) is 264 cm³/mol. The molecule has 2 aromatic heterocycles. The van der Waals surface area contributed by atoms with Gasteiger partial charge in [-0.25, -0.2) is 0 Å². The normalized spacial score (nSPS) is 14.8. The molecule has 0 spiro atoms. The number of rotatable bonds is 32. The van der Waals surface area contributed by atoms with Crippen LogP contribution in [0.5, 0.6) is 23.0 Å². The second-order valence-electron chi connectivity index (χ2n) is 19.0. The van der Waals surface area contributed by atoms with Crippen LogP contribution in [0.1, 0.15) is 188 Å². The summed E-state index contributed by atoms with van der Waals surface area (Å²) in [5.41, 5.74) is 5.35. The molecule has 4 heterocycles. The van der Waals surface area contributed by atoms with Gasteiger partial charge in [0, 0.05) is 24.2 Å². The SMILES string of the molecule is CCCCCC/C=C\CCCC(CCCCCC/C=C\CCCCCCCc1cc(O)c2c(c1)OCN(Cc1ccco1)C2)CCCc1cc(O)c(C)c2c1CN(Cc1ccco1)CO2. The molecular formula is C57H82N2O6. The van der Waals surface area contributed by atoms with Gasteiger partial charge in [-0.05, 0) is 143 Å². The molecule has 2 aliphatic heterocycles. The first-order valence-electron chi connectivity index (χ1n) is 25.7. The molecule has 1 atom stereocenters. The minimum atomic E-state index is 0.341. The lowest BCUT2D eigenvalue weighted by molar-refractivity contribution is 0.0806. The third kappa shape index (κ3) is 17.4. The largest absolute Gasteiger partial charge is 0.508 e. The van der Waals surface area contributed by atoms with Crippen molar-refractivity contribution in [3.8, 4) is 23.0 Å². The first kappa shape index (κ1) is 50.0. The molecule has 1 unspecified atom stereocenters. The Bertz CT molecular complexity index is 1970. The molecule has 2 N–H and O–H groups in total. The van der Waals surface area contributed by atoms with E-state index in [2.05, 4.69) is 47.1 Å². The van der Waals surface area contributed by atoms with Gasteiger partial charge >= 0.3 is 0 Å². The Morgan fingerprint density at radius 1 is 0.585 bits per heavy atom. The van der Waals surface area contributed by atoms with E-state index in [-0.39, 0.29) is 0 Å². The van der Waals surface area contributed by atoms with Gasteiger partial charge in [-0.15, -0.1) is 0 Å². The van der Waals surface area contributed by atoms with Crippen LogP contribution in [0.2, 0.25) is 0 Å². The van der Waals surface area contributed by atoms with Gasteiger partial charge in [0.25, 0.3) is 0 Å². The Morgan fingerprint density at radius 2 is 1.15 bits per heavy atom. The molecule has 8 nitrogen and oxygen atoms in total. The van der Waals surface area contributed by atoms with Crippen LogP contribution in [0, 0.1) is 12.8 Å². The van der Waals surface area contributed by atoms with Gasteiger partial charge < -0.3 is 28.5 Å². The second-order valence-corrected chi connectivity index (χ2v) is 19.0. The number of unbranched alkanes of at least 4 members (excludes halogenated alkanes) is 14. The standard InChI is InChI=1S/C57H82N2O6/c1-3-4-5-6-7-13-16-19-22-28-47(31-25-32-49-39-54(60)46(2)57-52(49)42-58(45-65-57)40-50-33-26-35-62-50)29-23-20-17-14-11-9-8-10-12-15-18-21-24-30-48-37-55(61)53-43-59(44-64-56(53)38-48)41-51-34-27-36-63-51/h8-9,13,16,26-27,33-39,47,60-61H,3-7,10-12,14-15,17-25,28-32,40-45H2,1-2H3/b9-8-,16-13-. The molecule has 0 aliphatic carbocycles. The van der Waals surface area contributed by atoms with Crippen molar-refractivity contribution in [3.63, 3.8) is 0 Å². The Labute approximate surface area is 392 Å². The summed E-state index contributed by atoms with van der Waals surface area (Å²) in [5.74, 6) is 5.00. The quantitative estimate of drug-likeness (QED) is 0.0370. The van der Waals surface area contributed by atoms with Crippen molar-refractivity contribution in [1.82, 2.24) is 9.80 Å². The average Bonchev–Trinajstić information content (AvgIpc) is 4.04. The minimum Gasteiger partial charge on any atom is -0.508 e. The number of fused-ring (bicyclic) bond motifs is 2. The van der Waals surface area contributed by atoms with E-state index in [4.69, 9.17) is 18.3 Å². The van der Waals surface area contributed by atoms with E-state index in [1.165, 1.54) is 140 Å². The number of hydrogen-bond donors (Lipinski definition) is 2. The van der Waals surface area contributed by atoms with Crippen molar-refractivity contribution in [2.45, 2.75) is 194 Å². The monoisotopic (exact) mass is 891 g/mol. The summed E-state index contributed by atoms with van der Waals surface area (Å²) in [5, 5.41) is 21.6. The number of aryl methyl sites for hydroxylation is 2. The highest BCUT2D eigenvalue weighted by molar-refractivity contribution is 5.54. The number of allylic oxidation sites excluding steroid dienone is 4. The molecule has 2 aliphatic rings. The number of nitrogens with zero attached hydrogens (tertiary/aromatic N) is 2. The number of phenols is 2. The number of furan rings is 2. The maximum atomic E-state index is 10.8. The van der Waals surface area contributed by atoms with Crippen LogP contribution in [0.15, 0.2) is 88.1 Å². The van der Waals surface area contributed by atoms with Crippen LogP contribution in [0.3, 0.4) is 0 Å². The topological polar surface area (TPSA) is 91.7 Å². The zero-order valence-electron chi connectivity index (χ0n) is 40.2. The molecule has 8 heteroatoms. The maximum absolute atomic E-state index is 10.8. The molecule has 4 aromatic rings. The van der Waals surface area contributed by atoms with Crippen LogP contribution in [-0.4, -0.2) is 33.5 Å². The molecule has 2 aromatic carbocycles. The zero-order chi connectivity index (χ0) is 45.3. The first-order chi connectivity index (χ1) is 32.0. The van der Waals surface area contributed by atoms with Gasteiger partial charge in [-0.2, -0.15) is 0 Å². The first-order valence-corrected chi connectivity index (χ1v) is 25.7. The predicted octanol–water partition coefficient (Wildman–Crippen LogP) is 15.4. The molecule has 65 heavy (non-hydrogen) atoms. The highest BCUT2D eigenvalue weighted by atomic mass is 16.5. The van der Waals surface area contributed by atoms with Crippen LogP contribution >= 0.6 is 0 Å². The van der Waals surface area contributed by atoms with Crippen molar-refractivity contribution >= 4 is 0 Å². The Kier molecular flexibility index (Phi) is 22.0. The molecule has 356 valence electrons. The number of ether oxygens (including phenoxy) is 2. The fraction of sp³-hybridized carbons (Fsp3) is 0.579. The molecule has 0 fully saturated rings. The van der Waals surface area contributed by atoms with E-state index in [1.807, 2.05) is 43.3 Å². The van der Waals surface area contributed by atoms with E-state index in [1.54, 1.807) is 12.5 Å². The van der Waals surface area contributed by atoms with E-state index in [0.29, 0.717) is 38.1 Å². The molecular weight excluding hydrogens is 809 g/mol. The van der Waals surface area contributed by atoms with E-state index in [9.17, 15) is 10.2 Å². The number of benzene rings is 2. The lowest BCUT2D eigenvalue weighted by Gasteiger charge is -2.31. The fourth-order valence-corrected chi connectivity index (χ4v) is 9.73. The number of aromatic hydroxyl groups is 2. The molecule has 6 rings (SSSR count). The molecule has 0 saturated carbocycles.